The fraction of sp³-hybridized carbons (Fsp3) is 0.0455. The summed E-state index contributed by atoms with van der Waals surface area (Å²) in [5.74, 6) is -0.820. The van der Waals surface area contributed by atoms with E-state index in [9.17, 15) is 19.7 Å². The van der Waals surface area contributed by atoms with Gasteiger partial charge < -0.3 is 9.47 Å². The molecule has 10 heteroatoms. The molecule has 0 radical (unpaired) electrons. The molecule has 1 amide bonds. The molecule has 0 saturated carbocycles. The topological polar surface area (TPSA) is 120 Å². The second-order valence-corrected chi connectivity index (χ2v) is 6.71. The number of nitro benzene ring substituents is 1. The summed E-state index contributed by atoms with van der Waals surface area (Å²) in [7, 11) is 0. The average molecular weight is 454 g/mol. The van der Waals surface area contributed by atoms with Gasteiger partial charge in [0, 0.05) is 11.1 Å². The molecule has 9 nitrogen and oxygen atoms in total. The number of hydrazone groups is 1. The van der Waals surface area contributed by atoms with Crippen molar-refractivity contribution in [1.82, 2.24) is 5.43 Å². The lowest BCUT2D eigenvalue weighted by molar-refractivity contribution is -0.385. The van der Waals surface area contributed by atoms with Crippen molar-refractivity contribution in [3.8, 4) is 11.5 Å². The highest BCUT2D eigenvalue weighted by atomic mass is 35.5. The highest BCUT2D eigenvalue weighted by Crippen LogP contribution is 2.25. The van der Waals surface area contributed by atoms with Crippen LogP contribution >= 0.6 is 11.6 Å². The third-order valence-corrected chi connectivity index (χ3v) is 4.21. The molecule has 0 spiro atoms. The Balaban J connectivity index is 1.49. The maximum absolute atomic E-state index is 12.1. The number of carbonyl (C=O) groups is 2. The summed E-state index contributed by atoms with van der Waals surface area (Å²) in [4.78, 5) is 34.3. The molecule has 0 aliphatic rings. The largest absolute Gasteiger partial charge is 0.477 e. The van der Waals surface area contributed by atoms with Gasteiger partial charge in [0.15, 0.2) is 12.4 Å². The number of halogens is 1. The molecule has 0 heterocycles. The van der Waals surface area contributed by atoms with Gasteiger partial charge in [-0.2, -0.15) is 5.10 Å². The highest BCUT2D eigenvalue weighted by Gasteiger charge is 2.14. The van der Waals surface area contributed by atoms with Gasteiger partial charge in [-0.3, -0.25) is 14.9 Å². The van der Waals surface area contributed by atoms with Crippen LogP contribution in [-0.2, 0) is 4.79 Å². The molecule has 0 aromatic heterocycles. The molecule has 0 saturated heterocycles. The number of benzene rings is 3. The van der Waals surface area contributed by atoms with Crippen molar-refractivity contribution >= 4 is 35.4 Å². The predicted octanol–water partition coefficient (Wildman–Crippen LogP) is 4.00. The lowest BCUT2D eigenvalue weighted by atomic mass is 10.2. The normalized spacial score (nSPS) is 10.5. The van der Waals surface area contributed by atoms with Crippen molar-refractivity contribution in [2.75, 3.05) is 6.61 Å². The quantitative estimate of drug-likeness (QED) is 0.181. The average Bonchev–Trinajstić information content (AvgIpc) is 2.79. The maximum Gasteiger partial charge on any atom is 0.343 e. The van der Waals surface area contributed by atoms with E-state index in [1.807, 2.05) is 0 Å². The van der Waals surface area contributed by atoms with Crippen molar-refractivity contribution < 1.29 is 24.0 Å². The van der Waals surface area contributed by atoms with Crippen LogP contribution in [0.15, 0.2) is 77.9 Å². The van der Waals surface area contributed by atoms with E-state index in [0.717, 1.165) is 0 Å². The first-order valence-corrected chi connectivity index (χ1v) is 9.56. The van der Waals surface area contributed by atoms with Gasteiger partial charge in [-0.1, -0.05) is 29.8 Å². The molecule has 1 N–H and O–H groups in total. The number of hydrogen-bond donors (Lipinski definition) is 1. The first kappa shape index (κ1) is 22.4. The molecule has 32 heavy (non-hydrogen) atoms. The monoisotopic (exact) mass is 453 g/mol. The van der Waals surface area contributed by atoms with E-state index >= 15 is 0 Å². The minimum absolute atomic E-state index is 0.0143. The number of amides is 1. The van der Waals surface area contributed by atoms with E-state index in [2.05, 4.69) is 10.5 Å². The Kier molecular flexibility index (Phi) is 7.50. The molecule has 162 valence electrons. The van der Waals surface area contributed by atoms with Crippen LogP contribution in [0.1, 0.15) is 15.9 Å². The Morgan fingerprint density at radius 3 is 2.53 bits per heavy atom. The van der Waals surface area contributed by atoms with Gasteiger partial charge in [0.25, 0.3) is 5.91 Å². The number of rotatable bonds is 8. The van der Waals surface area contributed by atoms with Gasteiger partial charge in [-0.05, 0) is 54.1 Å². The number of nitro groups is 1. The number of carbonyl (C=O) groups excluding carboxylic acids is 2. The van der Waals surface area contributed by atoms with E-state index in [4.69, 9.17) is 21.1 Å². The Hall–Kier alpha value is -4.24. The number of hydrogen-bond acceptors (Lipinski definition) is 7. The van der Waals surface area contributed by atoms with Crippen LogP contribution < -0.4 is 14.9 Å². The molecule has 0 unspecified atom stereocenters. The Labute approximate surface area is 187 Å². The Morgan fingerprint density at radius 1 is 1.06 bits per heavy atom. The number of nitrogens with zero attached hydrogens (tertiary/aromatic N) is 2. The molecule has 0 aliphatic heterocycles. The standard InChI is InChI=1S/C22H16ClN3O6/c23-17-5-3-4-16(12-17)22(28)32-18-10-8-15(9-11-18)13-24-25-21(27)14-31-20-7-2-1-6-19(20)26(29)30/h1-13H,14H2,(H,25,27)/b24-13+. The fourth-order valence-corrected chi connectivity index (χ4v) is 2.68. The third-order valence-electron chi connectivity index (χ3n) is 3.97. The van der Waals surface area contributed by atoms with Crippen molar-refractivity contribution in [3.63, 3.8) is 0 Å². The second-order valence-electron chi connectivity index (χ2n) is 6.28. The maximum atomic E-state index is 12.1. The van der Waals surface area contributed by atoms with Crippen molar-refractivity contribution in [2.24, 2.45) is 5.10 Å². The zero-order valence-electron chi connectivity index (χ0n) is 16.4. The molecule has 0 bridgehead atoms. The van der Waals surface area contributed by atoms with E-state index < -0.39 is 23.4 Å². The van der Waals surface area contributed by atoms with Crippen LogP contribution in [-0.4, -0.2) is 29.6 Å². The van der Waals surface area contributed by atoms with Gasteiger partial charge >= 0.3 is 11.7 Å². The van der Waals surface area contributed by atoms with Gasteiger partial charge in [0.05, 0.1) is 16.7 Å². The molecule has 0 atom stereocenters. The fourth-order valence-electron chi connectivity index (χ4n) is 2.49. The molecule has 3 aromatic rings. The van der Waals surface area contributed by atoms with E-state index in [1.165, 1.54) is 30.5 Å². The van der Waals surface area contributed by atoms with Crippen LogP contribution in [0.3, 0.4) is 0 Å². The van der Waals surface area contributed by atoms with E-state index in [0.29, 0.717) is 21.9 Å². The second kappa shape index (κ2) is 10.7. The lowest BCUT2D eigenvalue weighted by Gasteiger charge is -2.05. The minimum atomic E-state index is -0.596. The summed E-state index contributed by atoms with van der Waals surface area (Å²) < 4.78 is 10.5. The number of ether oxygens (including phenoxy) is 2. The van der Waals surface area contributed by atoms with E-state index in [1.54, 1.807) is 48.5 Å². The number of nitrogens with one attached hydrogen (secondary N) is 1. The zero-order valence-corrected chi connectivity index (χ0v) is 17.2. The number of para-hydroxylation sites is 2. The zero-order chi connectivity index (χ0) is 22.9. The lowest BCUT2D eigenvalue weighted by Crippen LogP contribution is -2.24. The summed E-state index contributed by atoms with van der Waals surface area (Å²) in [5, 5.41) is 15.2. The van der Waals surface area contributed by atoms with Gasteiger partial charge in [-0.25, -0.2) is 10.2 Å². The molecule has 0 fully saturated rings. The third kappa shape index (κ3) is 6.38. The van der Waals surface area contributed by atoms with Crippen LogP contribution in [0.25, 0.3) is 0 Å². The molecule has 3 rings (SSSR count). The molecule has 0 aliphatic carbocycles. The first-order chi connectivity index (χ1) is 15.4. The molecular weight excluding hydrogens is 438 g/mol. The van der Waals surface area contributed by atoms with Crippen molar-refractivity contribution in [1.29, 1.82) is 0 Å². The first-order valence-electron chi connectivity index (χ1n) is 9.18. The Morgan fingerprint density at radius 2 is 1.81 bits per heavy atom. The molecule has 3 aromatic carbocycles. The summed E-state index contributed by atoms with van der Waals surface area (Å²) in [5.41, 5.74) is 2.98. The van der Waals surface area contributed by atoms with Gasteiger partial charge in [0.2, 0.25) is 0 Å². The summed E-state index contributed by atoms with van der Waals surface area (Å²) in [6, 6.07) is 18.6. The Bertz CT molecular complexity index is 1160. The number of esters is 1. The van der Waals surface area contributed by atoms with Gasteiger partial charge in [-0.15, -0.1) is 0 Å². The SMILES string of the molecule is O=C(COc1ccccc1[N+](=O)[O-])N/N=C/c1ccc(OC(=O)c2cccc(Cl)c2)cc1. The van der Waals surface area contributed by atoms with E-state index in [-0.39, 0.29) is 11.4 Å². The van der Waals surface area contributed by atoms with Crippen molar-refractivity contribution in [2.45, 2.75) is 0 Å². The van der Waals surface area contributed by atoms with Crippen LogP contribution in [0.2, 0.25) is 5.02 Å². The van der Waals surface area contributed by atoms with Gasteiger partial charge in [0.1, 0.15) is 5.75 Å². The summed E-state index contributed by atoms with van der Waals surface area (Å²) in [6.07, 6.45) is 1.38. The van der Waals surface area contributed by atoms with Crippen LogP contribution in [0.5, 0.6) is 11.5 Å². The smallest absolute Gasteiger partial charge is 0.343 e. The minimum Gasteiger partial charge on any atom is -0.477 e. The summed E-state index contributed by atoms with van der Waals surface area (Å²) >= 11 is 5.87. The van der Waals surface area contributed by atoms with Crippen LogP contribution in [0.4, 0.5) is 5.69 Å². The van der Waals surface area contributed by atoms with Crippen LogP contribution in [0, 0.1) is 10.1 Å². The van der Waals surface area contributed by atoms with Crippen molar-refractivity contribution in [3.05, 3.63) is 99.1 Å². The predicted molar refractivity (Wildman–Crippen MR) is 117 cm³/mol. The highest BCUT2D eigenvalue weighted by molar-refractivity contribution is 6.30. The molecular formula is C22H16ClN3O6. The summed E-state index contributed by atoms with van der Waals surface area (Å²) in [6.45, 7) is -0.444.